The van der Waals surface area contributed by atoms with Gasteiger partial charge >= 0.3 is 5.97 Å². The number of ether oxygens (including phenoxy) is 1. The number of aromatic nitrogens is 3. The van der Waals surface area contributed by atoms with Crippen molar-refractivity contribution < 1.29 is 14.6 Å². The van der Waals surface area contributed by atoms with Gasteiger partial charge in [-0.3, -0.25) is 0 Å². The van der Waals surface area contributed by atoms with Crippen molar-refractivity contribution in [3.63, 3.8) is 0 Å². The maximum Gasteiger partial charge on any atom is 0.337 e. The number of aryl methyl sites for hydroxylation is 1. The number of carbonyl (C=O) groups is 1. The molecule has 1 atom stereocenters. The molecule has 2 aromatic carbocycles. The third-order valence-corrected chi connectivity index (χ3v) is 5.98. The number of carboxylic acid groups (broad SMARTS) is 1. The Morgan fingerprint density at radius 2 is 1.91 bits per heavy atom. The van der Waals surface area contributed by atoms with E-state index >= 15 is 0 Å². The second kappa shape index (κ2) is 8.25. The van der Waals surface area contributed by atoms with Gasteiger partial charge in [-0.1, -0.05) is 42.5 Å². The zero-order valence-electron chi connectivity index (χ0n) is 19.8. The highest BCUT2D eigenvalue weighted by Gasteiger charge is 2.34. The van der Waals surface area contributed by atoms with Gasteiger partial charge in [-0.15, -0.1) is 0 Å². The van der Waals surface area contributed by atoms with Crippen LogP contribution in [0.3, 0.4) is 0 Å². The second-order valence-corrected chi connectivity index (χ2v) is 9.58. The van der Waals surface area contributed by atoms with Gasteiger partial charge in [0.05, 0.1) is 17.0 Å². The van der Waals surface area contributed by atoms with Crippen LogP contribution in [0, 0.1) is 6.92 Å². The summed E-state index contributed by atoms with van der Waals surface area (Å²) in [7, 11) is 0. The highest BCUT2D eigenvalue weighted by molar-refractivity contribution is 5.83. The Hall–Kier alpha value is -3.71. The lowest BCUT2D eigenvalue weighted by Crippen LogP contribution is -2.29. The smallest absolute Gasteiger partial charge is 0.337 e. The van der Waals surface area contributed by atoms with Crippen LogP contribution in [0.5, 0.6) is 0 Å². The van der Waals surface area contributed by atoms with Crippen LogP contribution in [0.2, 0.25) is 0 Å². The molecule has 174 valence electrons. The normalized spacial score (nSPS) is 14.1. The molecule has 1 unspecified atom stereocenters. The molecule has 1 aliphatic heterocycles. The molecule has 3 heterocycles. The maximum atomic E-state index is 12.5. The molecule has 1 aliphatic rings. The first-order valence-corrected chi connectivity index (χ1v) is 11.5. The number of nitrogens with zero attached hydrogens (tertiary/aromatic N) is 3. The van der Waals surface area contributed by atoms with Crippen molar-refractivity contribution in [2.75, 3.05) is 11.9 Å². The molecular weight excluding hydrogens is 428 g/mol. The van der Waals surface area contributed by atoms with E-state index in [1.54, 1.807) is 4.52 Å². The van der Waals surface area contributed by atoms with Crippen LogP contribution in [-0.4, -0.2) is 37.8 Å². The quantitative estimate of drug-likeness (QED) is 0.425. The van der Waals surface area contributed by atoms with Gasteiger partial charge in [-0.25, -0.2) is 14.3 Å². The zero-order valence-corrected chi connectivity index (χ0v) is 19.8. The Kier molecular flexibility index (Phi) is 5.37. The summed E-state index contributed by atoms with van der Waals surface area (Å²) in [5.41, 5.74) is 6.75. The fourth-order valence-electron chi connectivity index (χ4n) is 4.61. The number of aliphatic carboxylic acids is 1. The molecule has 7 nitrogen and oxygen atoms in total. The summed E-state index contributed by atoms with van der Waals surface area (Å²) >= 11 is 0. The topological polar surface area (TPSA) is 88.8 Å². The molecule has 0 fully saturated rings. The number of carboxylic acids is 1. The summed E-state index contributed by atoms with van der Waals surface area (Å²) in [4.78, 5) is 17.3. The predicted molar refractivity (Wildman–Crippen MR) is 132 cm³/mol. The van der Waals surface area contributed by atoms with Crippen molar-refractivity contribution in [2.45, 2.75) is 45.8 Å². The van der Waals surface area contributed by atoms with E-state index in [0.29, 0.717) is 22.6 Å². The van der Waals surface area contributed by atoms with Crippen molar-refractivity contribution in [3.05, 3.63) is 71.4 Å². The van der Waals surface area contributed by atoms with Crippen molar-refractivity contribution in [2.24, 2.45) is 0 Å². The number of hydrogen-bond acceptors (Lipinski definition) is 5. The first-order chi connectivity index (χ1) is 16.2. The van der Waals surface area contributed by atoms with Gasteiger partial charge in [0.1, 0.15) is 0 Å². The summed E-state index contributed by atoms with van der Waals surface area (Å²) in [6, 6.07) is 17.9. The van der Waals surface area contributed by atoms with Crippen LogP contribution < -0.4 is 5.32 Å². The monoisotopic (exact) mass is 456 g/mol. The van der Waals surface area contributed by atoms with Crippen LogP contribution in [-0.2, 0) is 16.0 Å². The van der Waals surface area contributed by atoms with E-state index in [-0.39, 0.29) is 0 Å². The van der Waals surface area contributed by atoms with Crippen LogP contribution in [0.1, 0.15) is 43.7 Å². The van der Waals surface area contributed by atoms with Gasteiger partial charge in [0.2, 0.25) is 0 Å². The van der Waals surface area contributed by atoms with E-state index in [4.69, 9.17) is 14.8 Å². The van der Waals surface area contributed by atoms with Crippen molar-refractivity contribution >= 4 is 17.3 Å². The van der Waals surface area contributed by atoms with E-state index in [0.717, 1.165) is 41.0 Å². The lowest BCUT2D eigenvalue weighted by molar-refractivity contribution is -0.160. The Balaban J connectivity index is 1.84. The molecule has 7 heteroatoms. The van der Waals surface area contributed by atoms with E-state index in [2.05, 4.69) is 11.4 Å². The van der Waals surface area contributed by atoms with Crippen LogP contribution in [0.25, 0.3) is 28.2 Å². The maximum absolute atomic E-state index is 12.5. The number of hydrogen-bond donors (Lipinski definition) is 2. The Labute approximate surface area is 198 Å². The van der Waals surface area contributed by atoms with Crippen molar-refractivity contribution in [3.8, 4) is 22.5 Å². The Morgan fingerprint density at radius 3 is 2.62 bits per heavy atom. The molecule has 0 bridgehead atoms. The molecule has 5 rings (SSSR count). The summed E-state index contributed by atoms with van der Waals surface area (Å²) in [5.74, 6) is -1.05. The van der Waals surface area contributed by atoms with Gasteiger partial charge in [-0.2, -0.15) is 5.10 Å². The second-order valence-electron chi connectivity index (χ2n) is 9.58. The minimum Gasteiger partial charge on any atom is -0.479 e. The fourth-order valence-corrected chi connectivity index (χ4v) is 4.61. The molecule has 0 saturated heterocycles. The number of anilines is 1. The van der Waals surface area contributed by atoms with Gasteiger partial charge in [0.15, 0.2) is 11.8 Å². The fraction of sp³-hybridized carbons (Fsp3) is 0.296. The predicted octanol–water partition coefficient (Wildman–Crippen LogP) is 5.28. The number of rotatable bonds is 5. The number of benzene rings is 2. The Morgan fingerprint density at radius 1 is 1.15 bits per heavy atom. The molecular formula is C27H28N4O3. The zero-order chi connectivity index (χ0) is 24.0. The molecule has 0 radical (unpaired) electrons. The summed E-state index contributed by atoms with van der Waals surface area (Å²) < 4.78 is 7.87. The molecule has 0 saturated carbocycles. The molecule has 0 spiro atoms. The molecule has 4 aromatic rings. The lowest BCUT2D eigenvalue weighted by Gasteiger charge is -2.28. The molecule has 34 heavy (non-hydrogen) atoms. The van der Waals surface area contributed by atoms with Gasteiger partial charge in [0.25, 0.3) is 0 Å². The number of fused-ring (bicyclic) bond motifs is 2. The SMILES string of the molecule is Cc1nc2cc(-c3ccccc3)nn2c(-c2cccc3c2CCN3)c1C(OC(C)(C)C)C(=O)O. The lowest BCUT2D eigenvalue weighted by atomic mass is 9.94. The summed E-state index contributed by atoms with van der Waals surface area (Å²) in [6.45, 7) is 8.25. The van der Waals surface area contributed by atoms with Crippen molar-refractivity contribution in [1.82, 2.24) is 14.6 Å². The highest BCUT2D eigenvalue weighted by atomic mass is 16.5. The summed E-state index contributed by atoms with van der Waals surface area (Å²) in [5, 5.41) is 18.6. The van der Waals surface area contributed by atoms with E-state index in [1.807, 2.05) is 76.2 Å². The first-order valence-electron chi connectivity index (χ1n) is 11.5. The molecule has 0 amide bonds. The van der Waals surface area contributed by atoms with Gasteiger partial charge in [-0.05, 0) is 45.7 Å². The summed E-state index contributed by atoms with van der Waals surface area (Å²) in [6.07, 6.45) is -0.347. The third kappa shape index (κ3) is 3.92. The average Bonchev–Trinajstić information content (AvgIpc) is 3.43. The molecule has 2 aromatic heterocycles. The van der Waals surface area contributed by atoms with E-state index < -0.39 is 17.7 Å². The van der Waals surface area contributed by atoms with Gasteiger partial charge in [0, 0.05) is 40.7 Å². The standard InChI is InChI=1S/C27H28N4O3/c1-16-23(25(26(32)33)34-27(2,3)4)24(19-11-8-12-20-18(19)13-14-28-20)31-22(29-16)15-21(30-31)17-9-6-5-7-10-17/h5-12,15,25,28H,13-14H2,1-4H3,(H,32,33). The third-order valence-electron chi connectivity index (χ3n) is 5.98. The Bertz CT molecular complexity index is 1390. The first kappa shape index (κ1) is 22.1. The van der Waals surface area contributed by atoms with Crippen LogP contribution >= 0.6 is 0 Å². The number of nitrogens with one attached hydrogen (secondary N) is 1. The molecule has 0 aliphatic carbocycles. The van der Waals surface area contributed by atoms with Crippen LogP contribution in [0.4, 0.5) is 5.69 Å². The molecule has 2 N–H and O–H groups in total. The average molecular weight is 457 g/mol. The highest BCUT2D eigenvalue weighted by Crippen LogP contribution is 2.40. The van der Waals surface area contributed by atoms with Crippen molar-refractivity contribution in [1.29, 1.82) is 0 Å². The van der Waals surface area contributed by atoms with Crippen LogP contribution in [0.15, 0.2) is 54.6 Å². The van der Waals surface area contributed by atoms with E-state index in [9.17, 15) is 9.90 Å². The minimum atomic E-state index is -1.19. The minimum absolute atomic E-state index is 0.526. The van der Waals surface area contributed by atoms with E-state index in [1.165, 1.54) is 0 Å². The largest absolute Gasteiger partial charge is 0.479 e. The van der Waals surface area contributed by atoms with Gasteiger partial charge < -0.3 is 15.2 Å².